The SMILES string of the molecule is CN(C)CCc1c[nH]c2ccc(CS(=N)C(=O)O)cc12. The van der Waals surface area contributed by atoms with E-state index in [4.69, 9.17) is 9.89 Å². The molecule has 0 saturated carbocycles. The first-order valence-corrected chi connectivity index (χ1v) is 7.75. The Bertz CT molecular complexity index is 649. The van der Waals surface area contributed by atoms with Gasteiger partial charge in [-0.1, -0.05) is 6.07 Å². The maximum absolute atomic E-state index is 10.8. The number of rotatable bonds is 5. The molecule has 0 radical (unpaired) electrons. The van der Waals surface area contributed by atoms with Crippen molar-refractivity contribution >= 4 is 26.9 Å². The van der Waals surface area contributed by atoms with Gasteiger partial charge in [0.2, 0.25) is 0 Å². The van der Waals surface area contributed by atoms with Gasteiger partial charge in [-0.3, -0.25) is 4.78 Å². The van der Waals surface area contributed by atoms with Crippen molar-refractivity contribution in [1.29, 1.82) is 4.78 Å². The van der Waals surface area contributed by atoms with E-state index in [2.05, 4.69) is 9.88 Å². The van der Waals surface area contributed by atoms with E-state index in [1.54, 1.807) is 0 Å². The summed E-state index contributed by atoms with van der Waals surface area (Å²) in [4.78, 5) is 16.1. The average Bonchev–Trinajstić information content (AvgIpc) is 2.78. The summed E-state index contributed by atoms with van der Waals surface area (Å²) in [5.74, 6) is 0.267. The number of H-pyrrole nitrogens is 1. The summed E-state index contributed by atoms with van der Waals surface area (Å²) in [6, 6.07) is 5.86. The monoisotopic (exact) mass is 293 g/mol. The third kappa shape index (κ3) is 3.46. The molecule has 108 valence electrons. The summed E-state index contributed by atoms with van der Waals surface area (Å²) in [6.07, 6.45) is 2.96. The van der Waals surface area contributed by atoms with Crippen LogP contribution in [0.1, 0.15) is 11.1 Å². The highest BCUT2D eigenvalue weighted by Crippen LogP contribution is 2.21. The van der Waals surface area contributed by atoms with Crippen LogP contribution in [0.4, 0.5) is 4.79 Å². The Kier molecular flexibility index (Phi) is 4.57. The molecular weight excluding hydrogens is 274 g/mol. The Hall–Kier alpha value is -1.66. The maximum atomic E-state index is 10.8. The second kappa shape index (κ2) is 6.19. The van der Waals surface area contributed by atoms with Gasteiger partial charge in [-0.25, -0.2) is 4.79 Å². The molecule has 2 aromatic rings. The van der Waals surface area contributed by atoms with E-state index in [1.165, 1.54) is 5.56 Å². The summed E-state index contributed by atoms with van der Waals surface area (Å²) in [6.45, 7) is 0.967. The highest BCUT2D eigenvalue weighted by Gasteiger charge is 2.09. The van der Waals surface area contributed by atoms with Gasteiger partial charge in [0.1, 0.15) is 0 Å². The number of nitrogens with zero attached hydrogens (tertiary/aromatic N) is 1. The molecule has 6 heteroatoms. The zero-order chi connectivity index (χ0) is 14.7. The van der Waals surface area contributed by atoms with Gasteiger partial charge < -0.3 is 15.0 Å². The Balaban J connectivity index is 2.24. The molecule has 0 bridgehead atoms. The number of aromatic nitrogens is 1. The lowest BCUT2D eigenvalue weighted by atomic mass is 10.1. The summed E-state index contributed by atoms with van der Waals surface area (Å²) >= 11 is 0. The van der Waals surface area contributed by atoms with Gasteiger partial charge in [0.05, 0.1) is 0 Å². The summed E-state index contributed by atoms with van der Waals surface area (Å²) in [7, 11) is 2.71. The second-order valence-corrected chi connectivity index (χ2v) is 6.47. The molecule has 1 unspecified atom stereocenters. The van der Waals surface area contributed by atoms with Crippen molar-refractivity contribution in [2.24, 2.45) is 0 Å². The Morgan fingerprint density at radius 2 is 2.20 bits per heavy atom. The van der Waals surface area contributed by atoms with Crippen LogP contribution in [0.25, 0.3) is 10.9 Å². The lowest BCUT2D eigenvalue weighted by Crippen LogP contribution is -2.14. The number of aromatic amines is 1. The molecule has 0 aliphatic heterocycles. The number of hydrogen-bond donors (Lipinski definition) is 3. The molecule has 0 aliphatic carbocycles. The fourth-order valence-corrected chi connectivity index (χ4v) is 2.73. The molecule has 0 saturated heterocycles. The molecule has 1 aromatic heterocycles. The van der Waals surface area contributed by atoms with Crippen molar-refractivity contribution in [2.75, 3.05) is 20.6 Å². The van der Waals surface area contributed by atoms with Crippen LogP contribution in [0.15, 0.2) is 24.4 Å². The molecule has 5 nitrogen and oxygen atoms in total. The first kappa shape index (κ1) is 14.7. The minimum atomic E-state index is -1.37. The van der Waals surface area contributed by atoms with Crippen LogP contribution in [0.3, 0.4) is 0 Å². The zero-order valence-corrected chi connectivity index (χ0v) is 12.5. The van der Waals surface area contributed by atoms with Crippen LogP contribution < -0.4 is 0 Å². The molecule has 0 aliphatic rings. The molecule has 1 atom stereocenters. The number of nitrogens with one attached hydrogen (secondary N) is 2. The highest BCUT2D eigenvalue weighted by atomic mass is 32.2. The fourth-order valence-electron chi connectivity index (χ4n) is 2.09. The lowest BCUT2D eigenvalue weighted by Gasteiger charge is -2.08. The number of benzene rings is 1. The van der Waals surface area contributed by atoms with E-state index in [0.29, 0.717) is 0 Å². The van der Waals surface area contributed by atoms with E-state index < -0.39 is 16.0 Å². The highest BCUT2D eigenvalue weighted by molar-refractivity contribution is 8.00. The minimum Gasteiger partial charge on any atom is -0.472 e. The van der Waals surface area contributed by atoms with Crippen LogP contribution in [0, 0.1) is 4.78 Å². The topological polar surface area (TPSA) is 80.2 Å². The van der Waals surface area contributed by atoms with E-state index in [9.17, 15) is 4.79 Å². The van der Waals surface area contributed by atoms with Gasteiger partial charge in [-0.05, 0) is 43.8 Å². The molecule has 0 fully saturated rings. The van der Waals surface area contributed by atoms with Crippen LogP contribution >= 0.6 is 0 Å². The Labute approximate surface area is 120 Å². The quantitative estimate of drug-likeness (QED) is 0.793. The molecule has 2 rings (SSSR count). The molecule has 20 heavy (non-hydrogen) atoms. The van der Waals surface area contributed by atoms with Gasteiger partial charge in [-0.2, -0.15) is 0 Å². The average molecular weight is 293 g/mol. The first-order valence-electron chi connectivity index (χ1n) is 6.36. The largest absolute Gasteiger partial charge is 0.472 e. The smallest absolute Gasteiger partial charge is 0.375 e. The van der Waals surface area contributed by atoms with E-state index in [-0.39, 0.29) is 5.75 Å². The predicted molar refractivity (Wildman–Crippen MR) is 82.4 cm³/mol. The van der Waals surface area contributed by atoms with Crippen LogP contribution in [-0.2, 0) is 22.9 Å². The van der Waals surface area contributed by atoms with Crippen molar-refractivity contribution in [3.63, 3.8) is 0 Å². The Morgan fingerprint density at radius 3 is 2.85 bits per heavy atom. The van der Waals surface area contributed by atoms with Crippen LogP contribution in [-0.4, -0.2) is 40.9 Å². The van der Waals surface area contributed by atoms with E-state index >= 15 is 0 Å². The van der Waals surface area contributed by atoms with Crippen molar-refractivity contribution in [2.45, 2.75) is 12.2 Å². The first-order chi connectivity index (χ1) is 9.47. The zero-order valence-electron chi connectivity index (χ0n) is 11.6. The van der Waals surface area contributed by atoms with Gasteiger partial charge in [0.15, 0.2) is 0 Å². The summed E-state index contributed by atoms with van der Waals surface area (Å²) in [5.41, 5.74) is 3.20. The van der Waals surface area contributed by atoms with Crippen molar-refractivity contribution in [3.05, 3.63) is 35.5 Å². The standard InChI is InChI=1S/C14H19N3O2S/c1-17(2)6-5-11-8-16-13-4-3-10(7-12(11)13)9-20(15)14(18)19/h3-4,7-8,15-16H,5-6,9H2,1-2H3,(H,18,19). The van der Waals surface area contributed by atoms with Crippen molar-refractivity contribution < 1.29 is 9.90 Å². The van der Waals surface area contributed by atoms with Gasteiger partial charge in [0, 0.05) is 40.1 Å². The normalized spacial score (nSPS) is 12.9. The van der Waals surface area contributed by atoms with Crippen molar-refractivity contribution in [1.82, 2.24) is 9.88 Å². The molecule has 3 N–H and O–H groups in total. The van der Waals surface area contributed by atoms with Gasteiger partial charge in [0.25, 0.3) is 0 Å². The predicted octanol–water partition coefficient (Wildman–Crippen LogP) is 2.83. The van der Waals surface area contributed by atoms with Crippen LogP contribution in [0.5, 0.6) is 0 Å². The Morgan fingerprint density at radius 1 is 1.45 bits per heavy atom. The molecule has 1 heterocycles. The number of hydrogen-bond acceptors (Lipinski definition) is 3. The number of fused-ring (bicyclic) bond motifs is 1. The van der Waals surface area contributed by atoms with E-state index in [1.807, 2.05) is 38.5 Å². The van der Waals surface area contributed by atoms with E-state index in [0.717, 1.165) is 29.4 Å². The van der Waals surface area contributed by atoms with Crippen molar-refractivity contribution in [3.8, 4) is 0 Å². The summed E-state index contributed by atoms with van der Waals surface area (Å²) in [5, 5.41) is 8.91. The third-order valence-corrected chi connectivity index (χ3v) is 4.23. The summed E-state index contributed by atoms with van der Waals surface area (Å²) < 4.78 is 7.54. The molecule has 0 amide bonds. The number of carbonyl (C=O) groups is 1. The number of likely N-dealkylation sites (N-methyl/N-ethyl adjacent to an activating group) is 1. The fraction of sp³-hybridized carbons (Fsp3) is 0.357. The van der Waals surface area contributed by atoms with Gasteiger partial charge >= 0.3 is 5.30 Å². The molecule has 1 aromatic carbocycles. The second-order valence-electron chi connectivity index (χ2n) is 5.05. The third-order valence-electron chi connectivity index (χ3n) is 3.18. The van der Waals surface area contributed by atoms with Crippen LogP contribution in [0.2, 0.25) is 0 Å². The lowest BCUT2D eigenvalue weighted by molar-refractivity contribution is 0.221. The minimum absolute atomic E-state index is 0.267. The van der Waals surface area contributed by atoms with Gasteiger partial charge in [-0.15, -0.1) is 0 Å². The molecular formula is C14H19N3O2S. The maximum Gasteiger partial charge on any atom is 0.375 e. The molecule has 0 spiro atoms. The number of carboxylic acid groups (broad SMARTS) is 1.